The summed E-state index contributed by atoms with van der Waals surface area (Å²) in [6.45, 7) is 4.68. The highest BCUT2D eigenvalue weighted by atomic mass is 16.4. The van der Waals surface area contributed by atoms with Crippen LogP contribution in [0.3, 0.4) is 0 Å². The zero-order valence-electron chi connectivity index (χ0n) is 10.1. The summed E-state index contributed by atoms with van der Waals surface area (Å²) in [5, 5.41) is 11.2. The van der Waals surface area contributed by atoms with Gasteiger partial charge in [-0.15, -0.1) is 10.2 Å². The van der Waals surface area contributed by atoms with E-state index in [4.69, 9.17) is 8.83 Å². The fourth-order valence-electron chi connectivity index (χ4n) is 1.57. The molecule has 0 unspecified atom stereocenters. The number of aryl methyl sites for hydroxylation is 1. The zero-order chi connectivity index (χ0) is 12.1. The van der Waals surface area contributed by atoms with Gasteiger partial charge in [-0.1, -0.05) is 6.92 Å². The molecule has 0 aliphatic carbocycles. The van der Waals surface area contributed by atoms with Crippen LogP contribution in [0.2, 0.25) is 0 Å². The van der Waals surface area contributed by atoms with Crippen LogP contribution in [-0.2, 0) is 19.4 Å². The summed E-state index contributed by atoms with van der Waals surface area (Å²) in [7, 11) is 0. The number of aromatic nitrogens is 2. The first-order valence-corrected chi connectivity index (χ1v) is 5.85. The minimum Gasteiger partial charge on any atom is -0.469 e. The largest absolute Gasteiger partial charge is 0.469 e. The third kappa shape index (κ3) is 3.42. The second kappa shape index (κ2) is 5.63. The van der Waals surface area contributed by atoms with Gasteiger partial charge in [-0.05, 0) is 19.1 Å². The van der Waals surface area contributed by atoms with Crippen LogP contribution in [0.25, 0.3) is 0 Å². The van der Waals surface area contributed by atoms with Crippen molar-refractivity contribution in [1.82, 2.24) is 15.5 Å². The molecule has 17 heavy (non-hydrogen) atoms. The third-order valence-electron chi connectivity index (χ3n) is 2.50. The van der Waals surface area contributed by atoms with Gasteiger partial charge in [0.2, 0.25) is 11.8 Å². The Morgan fingerprint density at radius 2 is 2.18 bits per heavy atom. The Kier molecular flexibility index (Phi) is 3.93. The molecule has 0 spiro atoms. The highest BCUT2D eigenvalue weighted by Gasteiger charge is 2.08. The van der Waals surface area contributed by atoms with Crippen molar-refractivity contribution in [3.05, 3.63) is 35.9 Å². The van der Waals surface area contributed by atoms with E-state index in [9.17, 15) is 0 Å². The highest BCUT2D eigenvalue weighted by Crippen LogP contribution is 2.05. The normalized spacial score (nSPS) is 12.8. The molecule has 0 fully saturated rings. The molecule has 2 heterocycles. The summed E-state index contributed by atoms with van der Waals surface area (Å²) in [4.78, 5) is 0. The van der Waals surface area contributed by atoms with E-state index in [-0.39, 0.29) is 0 Å². The monoisotopic (exact) mass is 235 g/mol. The minimum atomic E-state index is 0.304. The highest BCUT2D eigenvalue weighted by molar-refractivity contribution is 5.00. The SMILES string of the molecule is CCc1nnc(CN[C@@H](C)Cc2ccco2)o1. The molecule has 0 aliphatic rings. The van der Waals surface area contributed by atoms with Crippen LogP contribution in [0, 0.1) is 0 Å². The molecule has 0 aromatic carbocycles. The van der Waals surface area contributed by atoms with E-state index in [1.807, 2.05) is 19.1 Å². The van der Waals surface area contributed by atoms with Gasteiger partial charge in [0, 0.05) is 18.9 Å². The molecule has 2 rings (SSSR count). The molecule has 1 atom stereocenters. The lowest BCUT2D eigenvalue weighted by Gasteiger charge is -2.09. The Bertz CT molecular complexity index is 436. The summed E-state index contributed by atoms with van der Waals surface area (Å²) in [6.07, 6.45) is 3.31. The van der Waals surface area contributed by atoms with E-state index < -0.39 is 0 Å². The molecule has 2 aromatic heterocycles. The molecule has 0 aliphatic heterocycles. The molecule has 0 saturated heterocycles. The maximum atomic E-state index is 5.41. The van der Waals surface area contributed by atoms with E-state index >= 15 is 0 Å². The fraction of sp³-hybridized carbons (Fsp3) is 0.500. The van der Waals surface area contributed by atoms with Crippen LogP contribution in [0.1, 0.15) is 31.4 Å². The van der Waals surface area contributed by atoms with Crippen LogP contribution >= 0.6 is 0 Å². The Morgan fingerprint density at radius 3 is 2.82 bits per heavy atom. The lowest BCUT2D eigenvalue weighted by molar-refractivity contribution is 0.405. The van der Waals surface area contributed by atoms with Gasteiger partial charge in [-0.2, -0.15) is 0 Å². The Morgan fingerprint density at radius 1 is 1.35 bits per heavy atom. The summed E-state index contributed by atoms with van der Waals surface area (Å²) < 4.78 is 10.7. The van der Waals surface area contributed by atoms with Gasteiger partial charge >= 0.3 is 0 Å². The van der Waals surface area contributed by atoms with Crippen molar-refractivity contribution in [2.75, 3.05) is 0 Å². The van der Waals surface area contributed by atoms with Crippen molar-refractivity contribution in [3.8, 4) is 0 Å². The second-order valence-corrected chi connectivity index (χ2v) is 4.01. The molecule has 5 heteroatoms. The number of nitrogens with zero attached hydrogens (tertiary/aromatic N) is 2. The minimum absolute atomic E-state index is 0.304. The summed E-state index contributed by atoms with van der Waals surface area (Å²) in [5.74, 6) is 2.29. The van der Waals surface area contributed by atoms with E-state index in [1.165, 1.54) is 0 Å². The van der Waals surface area contributed by atoms with Crippen molar-refractivity contribution in [2.24, 2.45) is 0 Å². The molecule has 5 nitrogen and oxygen atoms in total. The second-order valence-electron chi connectivity index (χ2n) is 4.01. The van der Waals surface area contributed by atoms with Gasteiger partial charge < -0.3 is 14.2 Å². The Labute approximate surface area is 100 Å². The van der Waals surface area contributed by atoms with Gasteiger partial charge in [0.1, 0.15) is 5.76 Å². The van der Waals surface area contributed by atoms with Gasteiger partial charge in [-0.25, -0.2) is 0 Å². The van der Waals surface area contributed by atoms with Crippen LogP contribution in [0.15, 0.2) is 27.2 Å². The number of hydrogen-bond acceptors (Lipinski definition) is 5. The number of hydrogen-bond donors (Lipinski definition) is 1. The average molecular weight is 235 g/mol. The van der Waals surface area contributed by atoms with Gasteiger partial charge in [0.15, 0.2) is 0 Å². The Balaban J connectivity index is 1.77. The molecule has 0 saturated carbocycles. The zero-order valence-corrected chi connectivity index (χ0v) is 10.1. The lowest BCUT2D eigenvalue weighted by atomic mass is 10.2. The van der Waals surface area contributed by atoms with Gasteiger partial charge in [0.05, 0.1) is 12.8 Å². The van der Waals surface area contributed by atoms with Crippen LogP contribution in [-0.4, -0.2) is 16.2 Å². The summed E-state index contributed by atoms with van der Waals surface area (Å²) in [6, 6.07) is 4.17. The van der Waals surface area contributed by atoms with Gasteiger partial charge in [-0.3, -0.25) is 0 Å². The van der Waals surface area contributed by atoms with Crippen LogP contribution < -0.4 is 5.32 Å². The molecular formula is C12H17N3O2. The van der Waals surface area contributed by atoms with E-state index in [1.54, 1.807) is 6.26 Å². The average Bonchev–Trinajstić information content (AvgIpc) is 2.96. The van der Waals surface area contributed by atoms with Crippen molar-refractivity contribution in [3.63, 3.8) is 0 Å². The predicted octanol–water partition coefficient (Wildman–Crippen LogP) is 1.95. The standard InChI is InChI=1S/C12H17N3O2/c1-3-11-14-15-12(17-11)8-13-9(2)7-10-5-4-6-16-10/h4-6,9,13H,3,7-8H2,1-2H3/t9-/m0/s1. The first-order chi connectivity index (χ1) is 8.28. The van der Waals surface area contributed by atoms with E-state index in [0.717, 1.165) is 18.6 Å². The first-order valence-electron chi connectivity index (χ1n) is 5.85. The van der Waals surface area contributed by atoms with Crippen molar-refractivity contribution < 1.29 is 8.83 Å². The number of rotatable bonds is 6. The summed E-state index contributed by atoms with van der Waals surface area (Å²) in [5.41, 5.74) is 0. The maximum Gasteiger partial charge on any atom is 0.230 e. The number of furan rings is 1. The molecule has 1 N–H and O–H groups in total. The van der Waals surface area contributed by atoms with Crippen molar-refractivity contribution in [2.45, 2.75) is 39.3 Å². The van der Waals surface area contributed by atoms with E-state index in [0.29, 0.717) is 24.4 Å². The molecular weight excluding hydrogens is 218 g/mol. The number of nitrogens with one attached hydrogen (secondary N) is 1. The van der Waals surface area contributed by atoms with Gasteiger partial charge in [0.25, 0.3) is 0 Å². The maximum absolute atomic E-state index is 5.41. The first kappa shape index (κ1) is 11.9. The van der Waals surface area contributed by atoms with Crippen LogP contribution in [0.4, 0.5) is 0 Å². The molecule has 0 radical (unpaired) electrons. The quantitative estimate of drug-likeness (QED) is 0.829. The van der Waals surface area contributed by atoms with E-state index in [2.05, 4.69) is 22.4 Å². The summed E-state index contributed by atoms with van der Waals surface area (Å²) >= 11 is 0. The van der Waals surface area contributed by atoms with Crippen molar-refractivity contribution >= 4 is 0 Å². The predicted molar refractivity (Wildman–Crippen MR) is 62.4 cm³/mol. The molecule has 0 amide bonds. The third-order valence-corrected chi connectivity index (χ3v) is 2.50. The van der Waals surface area contributed by atoms with Crippen molar-refractivity contribution in [1.29, 1.82) is 0 Å². The topological polar surface area (TPSA) is 64.1 Å². The smallest absolute Gasteiger partial charge is 0.230 e. The van der Waals surface area contributed by atoms with Crippen LogP contribution in [0.5, 0.6) is 0 Å². The Hall–Kier alpha value is -1.62. The molecule has 0 bridgehead atoms. The molecule has 2 aromatic rings. The fourth-order valence-corrected chi connectivity index (χ4v) is 1.57. The molecule has 92 valence electrons. The lowest BCUT2D eigenvalue weighted by Crippen LogP contribution is -2.27.